The van der Waals surface area contributed by atoms with Crippen LogP contribution >= 0.6 is 0 Å². The van der Waals surface area contributed by atoms with Gasteiger partial charge in [0.2, 0.25) is 0 Å². The lowest BCUT2D eigenvalue weighted by Crippen LogP contribution is -2.41. The monoisotopic (exact) mass is 247 g/mol. The molecule has 0 aliphatic heterocycles. The van der Waals surface area contributed by atoms with Crippen LogP contribution in [0.5, 0.6) is 0 Å². The minimum atomic E-state index is -4.43. The van der Waals surface area contributed by atoms with Gasteiger partial charge in [-0.2, -0.15) is 13.2 Å². The Morgan fingerprint density at radius 3 is 2.41 bits per heavy atom. The maximum absolute atomic E-state index is 12.3. The van der Waals surface area contributed by atoms with Crippen molar-refractivity contribution in [1.82, 2.24) is 9.88 Å². The van der Waals surface area contributed by atoms with Gasteiger partial charge in [-0.25, -0.2) is 0 Å². The van der Waals surface area contributed by atoms with Crippen molar-refractivity contribution in [3.05, 3.63) is 30.1 Å². The maximum Gasteiger partial charge on any atom is 0.406 e. The van der Waals surface area contributed by atoms with Crippen LogP contribution in [-0.4, -0.2) is 41.6 Å². The van der Waals surface area contributed by atoms with Gasteiger partial charge in [-0.15, -0.1) is 0 Å². The number of alkyl halides is 3. The highest BCUT2D eigenvalue weighted by atomic mass is 19.4. The van der Waals surface area contributed by atoms with Crippen LogP contribution in [0.2, 0.25) is 0 Å². The van der Waals surface area contributed by atoms with Gasteiger partial charge in [-0.05, 0) is 12.1 Å². The zero-order valence-corrected chi connectivity index (χ0v) is 8.94. The van der Waals surface area contributed by atoms with Gasteiger partial charge in [0.1, 0.15) is 6.54 Å². The Hall–Kier alpha value is -1.63. The summed E-state index contributed by atoms with van der Waals surface area (Å²) in [5.74, 6) is -0.699. The number of nitrogens with zero attached hydrogens (tertiary/aromatic N) is 2. The molecule has 0 atom stereocenters. The van der Waals surface area contributed by atoms with Crippen LogP contribution in [0.3, 0.4) is 0 Å². The summed E-state index contributed by atoms with van der Waals surface area (Å²) in [6, 6.07) is 2.73. The summed E-state index contributed by atoms with van der Waals surface area (Å²) < 4.78 is 36.8. The molecule has 0 aliphatic carbocycles. The van der Waals surface area contributed by atoms with E-state index in [1.54, 1.807) is 0 Å². The van der Waals surface area contributed by atoms with Gasteiger partial charge in [0, 0.05) is 31.0 Å². The third kappa shape index (κ3) is 4.39. The Kier molecular flexibility index (Phi) is 4.45. The quantitative estimate of drug-likeness (QED) is 0.865. The molecule has 17 heavy (non-hydrogen) atoms. The molecule has 0 saturated heterocycles. The molecule has 0 unspecified atom stereocenters. The lowest BCUT2D eigenvalue weighted by atomic mass is 10.2. The van der Waals surface area contributed by atoms with Crippen LogP contribution in [0.15, 0.2) is 24.5 Å². The third-order valence-corrected chi connectivity index (χ3v) is 1.98. The van der Waals surface area contributed by atoms with Crippen LogP contribution in [0.25, 0.3) is 0 Å². The Labute approximate surface area is 96.2 Å². The fourth-order valence-electron chi connectivity index (χ4n) is 1.30. The molecule has 0 aromatic carbocycles. The van der Waals surface area contributed by atoms with Crippen LogP contribution in [-0.2, 0) is 0 Å². The second-order valence-corrected chi connectivity index (χ2v) is 3.37. The van der Waals surface area contributed by atoms with Crippen LogP contribution in [0, 0.1) is 0 Å². The normalized spacial score (nSPS) is 11.3. The average Bonchev–Trinajstić information content (AvgIpc) is 2.27. The van der Waals surface area contributed by atoms with Gasteiger partial charge >= 0.3 is 6.18 Å². The van der Waals surface area contributed by atoms with E-state index in [1.165, 1.54) is 24.5 Å². The number of carbonyl (C=O) groups is 1. The lowest BCUT2D eigenvalue weighted by molar-refractivity contribution is -0.140. The van der Waals surface area contributed by atoms with Crippen molar-refractivity contribution in [1.29, 1.82) is 0 Å². The van der Waals surface area contributed by atoms with Crippen molar-refractivity contribution < 1.29 is 18.0 Å². The molecular weight excluding hydrogens is 235 g/mol. The largest absolute Gasteiger partial charge is 0.406 e. The summed E-state index contributed by atoms with van der Waals surface area (Å²) in [5, 5.41) is 0. The molecule has 1 rings (SSSR count). The van der Waals surface area contributed by atoms with Gasteiger partial charge in [-0.3, -0.25) is 9.78 Å². The second-order valence-electron chi connectivity index (χ2n) is 3.37. The fourth-order valence-corrected chi connectivity index (χ4v) is 1.30. The Balaban J connectivity index is 2.81. The molecule has 2 N–H and O–H groups in total. The number of pyridine rings is 1. The molecular formula is C10H12F3N3O. The van der Waals surface area contributed by atoms with E-state index >= 15 is 0 Å². The number of amides is 1. The molecule has 1 amide bonds. The molecule has 0 bridgehead atoms. The number of hydrogen-bond acceptors (Lipinski definition) is 3. The predicted octanol–water partition coefficient (Wildman–Crippen LogP) is 1.04. The van der Waals surface area contributed by atoms with E-state index in [-0.39, 0.29) is 18.7 Å². The van der Waals surface area contributed by atoms with Crippen molar-refractivity contribution in [3.63, 3.8) is 0 Å². The number of rotatable bonds is 4. The van der Waals surface area contributed by atoms with Gasteiger partial charge in [0.15, 0.2) is 0 Å². The first kappa shape index (κ1) is 13.4. The van der Waals surface area contributed by atoms with Crippen LogP contribution in [0.1, 0.15) is 10.4 Å². The zero-order chi connectivity index (χ0) is 12.9. The lowest BCUT2D eigenvalue weighted by Gasteiger charge is -2.23. The zero-order valence-electron chi connectivity index (χ0n) is 8.94. The smallest absolute Gasteiger partial charge is 0.329 e. The molecule has 0 saturated carbocycles. The van der Waals surface area contributed by atoms with Crippen LogP contribution < -0.4 is 5.73 Å². The highest BCUT2D eigenvalue weighted by Crippen LogP contribution is 2.17. The number of hydrogen-bond donors (Lipinski definition) is 1. The van der Waals surface area contributed by atoms with Crippen molar-refractivity contribution in [2.45, 2.75) is 6.18 Å². The minimum absolute atomic E-state index is 0.0209. The number of carbonyl (C=O) groups excluding carboxylic acids is 1. The minimum Gasteiger partial charge on any atom is -0.329 e. The molecule has 0 spiro atoms. The Morgan fingerprint density at radius 1 is 1.35 bits per heavy atom. The van der Waals surface area contributed by atoms with Crippen molar-refractivity contribution in [2.75, 3.05) is 19.6 Å². The highest BCUT2D eigenvalue weighted by molar-refractivity contribution is 5.94. The molecule has 94 valence electrons. The van der Waals surface area contributed by atoms with Gasteiger partial charge < -0.3 is 10.6 Å². The first-order valence-corrected chi connectivity index (χ1v) is 4.90. The molecule has 0 fully saturated rings. The summed E-state index contributed by atoms with van der Waals surface area (Å²) in [6.07, 6.45) is -1.74. The van der Waals surface area contributed by atoms with Gasteiger partial charge in [0.05, 0.1) is 0 Å². The molecule has 4 nitrogen and oxygen atoms in total. The summed E-state index contributed by atoms with van der Waals surface area (Å²) >= 11 is 0. The van der Waals surface area contributed by atoms with Gasteiger partial charge in [0.25, 0.3) is 5.91 Å². The predicted molar refractivity (Wildman–Crippen MR) is 55.2 cm³/mol. The van der Waals surface area contributed by atoms with E-state index in [0.29, 0.717) is 4.90 Å². The molecule has 1 heterocycles. The second kappa shape index (κ2) is 5.62. The van der Waals surface area contributed by atoms with E-state index < -0.39 is 18.6 Å². The summed E-state index contributed by atoms with van der Waals surface area (Å²) in [5.41, 5.74) is 5.36. The maximum atomic E-state index is 12.3. The first-order chi connectivity index (χ1) is 7.94. The molecule has 1 aromatic rings. The molecule has 7 heteroatoms. The van der Waals surface area contributed by atoms with E-state index in [0.717, 1.165) is 0 Å². The van der Waals surface area contributed by atoms with E-state index in [1.807, 2.05) is 0 Å². The highest BCUT2D eigenvalue weighted by Gasteiger charge is 2.32. The summed E-state index contributed by atoms with van der Waals surface area (Å²) in [6.45, 7) is -1.46. The standard InChI is InChI=1S/C10H12F3N3O/c11-10(12,13)7-16(6-3-14)9(17)8-1-4-15-5-2-8/h1-2,4-5H,3,6-7,14H2. The SMILES string of the molecule is NCCN(CC(F)(F)F)C(=O)c1ccncc1. The van der Waals surface area contributed by atoms with E-state index in [2.05, 4.69) is 4.98 Å². The topological polar surface area (TPSA) is 59.2 Å². The third-order valence-electron chi connectivity index (χ3n) is 1.98. The Bertz CT molecular complexity index is 367. The fraction of sp³-hybridized carbons (Fsp3) is 0.400. The van der Waals surface area contributed by atoms with Crippen molar-refractivity contribution in [3.8, 4) is 0 Å². The molecule has 1 aromatic heterocycles. The van der Waals surface area contributed by atoms with Gasteiger partial charge in [-0.1, -0.05) is 0 Å². The number of nitrogens with two attached hydrogens (primary N) is 1. The van der Waals surface area contributed by atoms with Crippen LogP contribution in [0.4, 0.5) is 13.2 Å². The molecule has 0 aliphatic rings. The number of aromatic nitrogens is 1. The summed E-state index contributed by atoms with van der Waals surface area (Å²) in [7, 11) is 0. The number of halogens is 3. The molecule has 0 radical (unpaired) electrons. The summed E-state index contributed by atoms with van der Waals surface area (Å²) in [4.78, 5) is 16.1. The van der Waals surface area contributed by atoms with E-state index in [4.69, 9.17) is 5.73 Å². The Morgan fingerprint density at radius 2 is 1.94 bits per heavy atom. The van der Waals surface area contributed by atoms with Crippen molar-refractivity contribution in [2.24, 2.45) is 5.73 Å². The van der Waals surface area contributed by atoms with Crippen molar-refractivity contribution >= 4 is 5.91 Å². The first-order valence-electron chi connectivity index (χ1n) is 4.90. The van der Waals surface area contributed by atoms with E-state index in [9.17, 15) is 18.0 Å². The average molecular weight is 247 g/mol.